The lowest BCUT2D eigenvalue weighted by atomic mass is 10.1. The molecule has 0 aliphatic carbocycles. The molecule has 0 spiro atoms. The highest BCUT2D eigenvalue weighted by atomic mass is 35.5. The topological polar surface area (TPSA) is 15.8 Å². The molecule has 0 saturated carbocycles. The number of benzene rings is 2. The monoisotopic (exact) mass is 258 g/mol. The summed E-state index contributed by atoms with van der Waals surface area (Å²) in [5.74, 6) is -0.330. The maximum Gasteiger partial charge on any atom is 0.134 e. The van der Waals surface area contributed by atoms with Crippen molar-refractivity contribution >= 4 is 22.5 Å². The number of H-pyrrole nitrogens is 1. The average Bonchev–Trinajstić information content (AvgIpc) is 2.71. The molecule has 1 N–H and O–H groups in total. The molecule has 0 atom stereocenters. The molecule has 0 fully saturated rings. The molecule has 3 aromatic rings. The van der Waals surface area contributed by atoms with Crippen LogP contribution >= 0.6 is 11.6 Å². The molecule has 1 nitrogen and oxygen atoms in total. The first-order valence-corrected chi connectivity index (χ1v) is 5.92. The maximum absolute atomic E-state index is 13.8. The van der Waals surface area contributed by atoms with Crippen molar-refractivity contribution in [1.29, 1.82) is 0 Å². The fourth-order valence-corrected chi connectivity index (χ4v) is 2.34. The molecule has 0 amide bonds. The molecule has 0 unspecified atom stereocenters. The Hall–Kier alpha value is -1.80. The lowest BCUT2D eigenvalue weighted by Crippen LogP contribution is -1.85. The second-order valence-corrected chi connectivity index (χ2v) is 4.61. The van der Waals surface area contributed by atoms with Crippen LogP contribution < -0.4 is 0 Å². The molecular weight excluding hydrogens is 249 g/mol. The minimum absolute atomic E-state index is 0.330. The van der Waals surface area contributed by atoms with Gasteiger partial charge in [-0.25, -0.2) is 4.39 Å². The Morgan fingerprint density at radius 3 is 2.72 bits per heavy atom. The second kappa shape index (κ2) is 4.14. The lowest BCUT2D eigenvalue weighted by molar-refractivity contribution is 0.631. The van der Waals surface area contributed by atoms with E-state index in [1.165, 1.54) is 6.07 Å². The fraction of sp³-hybridized carbons (Fsp3) is 0. The largest absolute Gasteiger partial charge is 0.354 e. The summed E-state index contributed by atoms with van der Waals surface area (Å²) < 4.78 is 13.8. The Balaban J connectivity index is 2.26. The van der Waals surface area contributed by atoms with E-state index in [9.17, 15) is 4.39 Å². The van der Waals surface area contributed by atoms with Crippen LogP contribution in [0.15, 0.2) is 42.5 Å². The minimum Gasteiger partial charge on any atom is -0.354 e. The van der Waals surface area contributed by atoms with E-state index in [0.29, 0.717) is 16.3 Å². The number of aromatic amines is 1. The van der Waals surface area contributed by atoms with Crippen LogP contribution in [0.2, 0.25) is 5.02 Å². The van der Waals surface area contributed by atoms with Gasteiger partial charge in [0.25, 0.3) is 0 Å². The van der Waals surface area contributed by atoms with Crippen LogP contribution in [0.3, 0.4) is 0 Å². The predicted octanol–water partition coefficient (Wildman–Crippen LogP) is 4.81. The molecule has 2 aromatic carbocycles. The van der Waals surface area contributed by atoms with E-state index in [1.807, 2.05) is 24.3 Å². The van der Waals surface area contributed by atoms with E-state index in [2.05, 4.69) is 11.9 Å². The Morgan fingerprint density at radius 1 is 1.11 bits per heavy atom. The van der Waals surface area contributed by atoms with Gasteiger partial charge in [-0.15, -0.1) is 0 Å². The number of rotatable bonds is 1. The van der Waals surface area contributed by atoms with Crippen molar-refractivity contribution in [3.8, 4) is 11.3 Å². The third-order valence-corrected chi connectivity index (χ3v) is 3.23. The van der Waals surface area contributed by atoms with Crippen molar-refractivity contribution in [3.63, 3.8) is 0 Å². The smallest absolute Gasteiger partial charge is 0.134 e. The van der Waals surface area contributed by atoms with E-state index >= 15 is 0 Å². The number of halogens is 2. The highest BCUT2D eigenvalue weighted by molar-refractivity contribution is 6.33. The first kappa shape index (κ1) is 11.3. The summed E-state index contributed by atoms with van der Waals surface area (Å²) >= 11 is 6.05. The summed E-state index contributed by atoms with van der Waals surface area (Å²) in [6.07, 6.45) is 0. The summed E-state index contributed by atoms with van der Waals surface area (Å²) in [6.45, 7) is 3.87. The van der Waals surface area contributed by atoms with Crippen LogP contribution in [0.25, 0.3) is 22.2 Å². The zero-order valence-electron chi connectivity index (χ0n) is 9.50. The van der Waals surface area contributed by atoms with Gasteiger partial charge in [0.15, 0.2) is 0 Å². The molecule has 1 aromatic heterocycles. The fourth-order valence-electron chi connectivity index (χ4n) is 2.07. The van der Waals surface area contributed by atoms with Gasteiger partial charge in [0.2, 0.25) is 0 Å². The molecule has 0 aliphatic rings. The summed E-state index contributed by atoms with van der Waals surface area (Å²) in [7, 11) is 0. The van der Waals surface area contributed by atoms with Gasteiger partial charge in [0, 0.05) is 10.9 Å². The average molecular weight is 259 g/mol. The number of hydrogen-bond acceptors (Lipinski definition) is 0. The van der Waals surface area contributed by atoms with Crippen LogP contribution in [0.5, 0.6) is 0 Å². The highest BCUT2D eigenvalue weighted by Crippen LogP contribution is 2.32. The molecule has 1 radical (unpaired) electrons. The molecule has 0 aliphatic heterocycles. The Labute approximate surface area is 109 Å². The van der Waals surface area contributed by atoms with E-state index in [-0.39, 0.29) is 5.82 Å². The summed E-state index contributed by atoms with van der Waals surface area (Å²) in [6, 6.07) is 12.3. The third kappa shape index (κ3) is 1.79. The zero-order chi connectivity index (χ0) is 12.7. The van der Waals surface area contributed by atoms with Crippen LogP contribution in [0.4, 0.5) is 4.39 Å². The van der Waals surface area contributed by atoms with Gasteiger partial charge in [0.05, 0.1) is 16.3 Å². The van der Waals surface area contributed by atoms with E-state index in [4.69, 9.17) is 11.6 Å². The van der Waals surface area contributed by atoms with E-state index in [0.717, 1.165) is 16.5 Å². The standard InChI is InChI=1S/C15H10ClFN/c1-9-5-6-13-10(7-9)8-14(18-13)15-11(16)3-2-4-12(15)17/h2-8,18H,1H2. The predicted molar refractivity (Wildman–Crippen MR) is 73.2 cm³/mol. The molecule has 3 heteroatoms. The second-order valence-electron chi connectivity index (χ2n) is 4.20. The third-order valence-electron chi connectivity index (χ3n) is 2.92. The van der Waals surface area contributed by atoms with Crippen LogP contribution in [-0.2, 0) is 0 Å². The molecular formula is C15H10ClFN. The Kier molecular flexibility index (Phi) is 2.60. The van der Waals surface area contributed by atoms with Gasteiger partial charge in [-0.1, -0.05) is 23.7 Å². The number of fused-ring (bicyclic) bond motifs is 1. The first-order valence-electron chi connectivity index (χ1n) is 5.54. The lowest BCUT2D eigenvalue weighted by Gasteiger charge is -2.02. The van der Waals surface area contributed by atoms with Gasteiger partial charge in [-0.2, -0.15) is 0 Å². The molecule has 18 heavy (non-hydrogen) atoms. The molecule has 3 rings (SSSR count). The quantitative estimate of drug-likeness (QED) is 0.645. The van der Waals surface area contributed by atoms with Gasteiger partial charge < -0.3 is 4.98 Å². The SMILES string of the molecule is [CH2]c1ccc2[nH]c(-c3c(F)cccc3Cl)cc2c1. The highest BCUT2D eigenvalue weighted by Gasteiger charge is 2.11. The van der Waals surface area contributed by atoms with Gasteiger partial charge >= 0.3 is 0 Å². The van der Waals surface area contributed by atoms with Gasteiger partial charge in [-0.3, -0.25) is 0 Å². The van der Waals surface area contributed by atoms with Crippen LogP contribution in [0, 0.1) is 12.7 Å². The number of nitrogens with one attached hydrogen (secondary N) is 1. The van der Waals surface area contributed by atoms with Gasteiger partial charge in [0.1, 0.15) is 5.82 Å². The summed E-state index contributed by atoms with van der Waals surface area (Å²) in [5.41, 5.74) is 2.95. The summed E-state index contributed by atoms with van der Waals surface area (Å²) in [4.78, 5) is 3.17. The van der Waals surface area contributed by atoms with E-state index < -0.39 is 0 Å². The van der Waals surface area contributed by atoms with Crippen molar-refractivity contribution in [2.24, 2.45) is 0 Å². The van der Waals surface area contributed by atoms with E-state index in [1.54, 1.807) is 12.1 Å². The van der Waals surface area contributed by atoms with Crippen molar-refractivity contribution in [3.05, 3.63) is 65.8 Å². The maximum atomic E-state index is 13.8. The molecule has 0 bridgehead atoms. The Bertz CT molecular complexity index is 710. The first-order chi connectivity index (χ1) is 8.65. The normalized spacial score (nSPS) is 11.1. The Morgan fingerprint density at radius 2 is 1.94 bits per heavy atom. The number of hydrogen-bond donors (Lipinski definition) is 1. The molecule has 1 heterocycles. The van der Waals surface area contributed by atoms with Crippen molar-refractivity contribution < 1.29 is 4.39 Å². The number of aromatic nitrogens is 1. The van der Waals surface area contributed by atoms with Crippen LogP contribution in [0.1, 0.15) is 5.56 Å². The van der Waals surface area contributed by atoms with Crippen molar-refractivity contribution in [2.45, 2.75) is 0 Å². The molecule has 89 valence electrons. The minimum atomic E-state index is -0.330. The molecule has 0 saturated heterocycles. The van der Waals surface area contributed by atoms with Crippen molar-refractivity contribution in [2.75, 3.05) is 0 Å². The zero-order valence-corrected chi connectivity index (χ0v) is 10.3. The van der Waals surface area contributed by atoms with Crippen LogP contribution in [-0.4, -0.2) is 4.98 Å². The summed E-state index contributed by atoms with van der Waals surface area (Å²) in [5, 5.41) is 1.40. The van der Waals surface area contributed by atoms with Crippen molar-refractivity contribution in [1.82, 2.24) is 4.98 Å². The van der Waals surface area contributed by atoms with Gasteiger partial charge in [-0.05, 0) is 42.8 Å².